The molecule has 0 radical (unpaired) electrons. The highest BCUT2D eigenvalue weighted by Gasteiger charge is 2.20. The van der Waals surface area contributed by atoms with Gasteiger partial charge in [0.05, 0.1) is 12.2 Å². The Morgan fingerprint density at radius 1 is 1.16 bits per heavy atom. The topological polar surface area (TPSA) is 86.1 Å². The van der Waals surface area contributed by atoms with Gasteiger partial charge in [-0.15, -0.1) is 0 Å². The molecule has 1 aromatic carbocycles. The van der Waals surface area contributed by atoms with Crippen LogP contribution < -0.4 is 5.32 Å². The number of aryl methyl sites for hydroxylation is 3. The molecule has 2 aromatic heterocycles. The maximum Gasteiger partial charge on any atom is 0.330 e. The molecule has 0 unspecified atom stereocenters. The number of carbonyl (C=O) groups is 2. The fraction of sp³-hybridized carbons (Fsp3) is 0.333. The number of carbonyl (C=O) groups excluding carboxylic acids is 2. The molecule has 7 heteroatoms. The van der Waals surface area contributed by atoms with Crippen molar-refractivity contribution in [1.29, 1.82) is 0 Å². The molecule has 1 N–H and O–H groups in total. The van der Waals surface area contributed by atoms with Crippen LogP contribution in [0.3, 0.4) is 0 Å². The third-order valence-electron chi connectivity index (χ3n) is 5.30. The first-order valence-corrected chi connectivity index (χ1v) is 10.7. The number of rotatable bonds is 5. The molecule has 1 aliphatic heterocycles. The fourth-order valence-corrected chi connectivity index (χ4v) is 3.82. The second kappa shape index (κ2) is 9.12. The summed E-state index contributed by atoms with van der Waals surface area (Å²) in [5.41, 5.74) is 4.29. The SMILES string of the molecule is CCOC(=O)/C=C/c1ccc(NC(=O)c2cc(C)nc3c2nc2n3CCCCC2)cc1. The third kappa shape index (κ3) is 4.66. The minimum Gasteiger partial charge on any atom is -0.463 e. The smallest absolute Gasteiger partial charge is 0.330 e. The van der Waals surface area contributed by atoms with Crippen LogP contribution in [0.2, 0.25) is 0 Å². The first-order valence-electron chi connectivity index (χ1n) is 10.7. The number of amides is 1. The molecule has 0 bridgehead atoms. The predicted molar refractivity (Wildman–Crippen MR) is 120 cm³/mol. The summed E-state index contributed by atoms with van der Waals surface area (Å²) in [6.45, 7) is 4.90. The Balaban J connectivity index is 1.55. The van der Waals surface area contributed by atoms with Crippen molar-refractivity contribution in [3.05, 3.63) is 59.1 Å². The van der Waals surface area contributed by atoms with E-state index in [4.69, 9.17) is 9.72 Å². The van der Waals surface area contributed by atoms with Crippen LogP contribution in [0.15, 0.2) is 36.4 Å². The summed E-state index contributed by atoms with van der Waals surface area (Å²) in [5.74, 6) is 0.423. The van der Waals surface area contributed by atoms with Crippen LogP contribution in [0.5, 0.6) is 0 Å². The number of fused-ring (bicyclic) bond motifs is 3. The zero-order chi connectivity index (χ0) is 21.8. The summed E-state index contributed by atoms with van der Waals surface area (Å²) in [6, 6.07) is 9.06. The van der Waals surface area contributed by atoms with Gasteiger partial charge in [-0.3, -0.25) is 4.79 Å². The Labute approximate surface area is 181 Å². The Morgan fingerprint density at radius 3 is 2.74 bits per heavy atom. The van der Waals surface area contributed by atoms with Crippen LogP contribution in [0.1, 0.15) is 53.6 Å². The molecule has 0 aliphatic carbocycles. The number of esters is 1. The molecule has 3 aromatic rings. The highest BCUT2D eigenvalue weighted by atomic mass is 16.5. The summed E-state index contributed by atoms with van der Waals surface area (Å²) in [6.07, 6.45) is 7.38. The summed E-state index contributed by atoms with van der Waals surface area (Å²) in [4.78, 5) is 34.0. The van der Waals surface area contributed by atoms with E-state index in [2.05, 4.69) is 14.9 Å². The maximum absolute atomic E-state index is 13.1. The van der Waals surface area contributed by atoms with Crippen molar-refractivity contribution in [2.45, 2.75) is 46.1 Å². The average Bonchev–Trinajstić information content (AvgIpc) is 2.93. The van der Waals surface area contributed by atoms with Crippen molar-refractivity contribution in [3.8, 4) is 0 Å². The number of nitrogens with zero attached hydrogens (tertiary/aromatic N) is 3. The van der Waals surface area contributed by atoms with Gasteiger partial charge in [-0.05, 0) is 56.5 Å². The summed E-state index contributed by atoms with van der Waals surface area (Å²) in [5, 5.41) is 2.95. The Kier molecular flexibility index (Phi) is 6.11. The molecular formula is C24H26N4O3. The lowest BCUT2D eigenvalue weighted by Gasteiger charge is -2.08. The van der Waals surface area contributed by atoms with Crippen LogP contribution in [-0.4, -0.2) is 33.0 Å². The number of hydrogen-bond acceptors (Lipinski definition) is 5. The molecule has 3 heterocycles. The van der Waals surface area contributed by atoms with Gasteiger partial charge in [0.15, 0.2) is 5.65 Å². The second-order valence-electron chi connectivity index (χ2n) is 7.64. The van der Waals surface area contributed by atoms with E-state index >= 15 is 0 Å². The van der Waals surface area contributed by atoms with E-state index in [0.29, 0.717) is 23.4 Å². The molecule has 4 rings (SSSR count). The number of imidazole rings is 1. The molecule has 1 amide bonds. The molecule has 160 valence electrons. The minimum absolute atomic E-state index is 0.210. The van der Waals surface area contributed by atoms with Crippen molar-refractivity contribution >= 4 is 34.8 Å². The van der Waals surface area contributed by atoms with Crippen LogP contribution in [0.4, 0.5) is 5.69 Å². The van der Waals surface area contributed by atoms with E-state index in [9.17, 15) is 9.59 Å². The highest BCUT2D eigenvalue weighted by molar-refractivity contribution is 6.11. The van der Waals surface area contributed by atoms with Crippen molar-refractivity contribution in [1.82, 2.24) is 14.5 Å². The molecule has 0 saturated heterocycles. The molecule has 0 saturated carbocycles. The molecule has 1 aliphatic rings. The lowest BCUT2D eigenvalue weighted by molar-refractivity contribution is -0.137. The standard InChI is InChI=1S/C24H26N4O3/c1-3-31-21(29)13-10-17-8-11-18(12-9-17)26-24(30)19-15-16(2)25-23-22(19)27-20-7-5-4-6-14-28(20)23/h8-13,15H,3-7,14H2,1-2H3,(H,26,30)/b13-10+. The van der Waals surface area contributed by atoms with Gasteiger partial charge in [-0.25, -0.2) is 14.8 Å². The van der Waals surface area contributed by atoms with Crippen molar-refractivity contribution in [2.24, 2.45) is 0 Å². The Bertz CT molecular complexity index is 1150. The lowest BCUT2D eigenvalue weighted by Crippen LogP contribution is -2.13. The quantitative estimate of drug-likeness (QED) is 0.493. The molecular weight excluding hydrogens is 392 g/mol. The predicted octanol–water partition coefficient (Wildman–Crippen LogP) is 4.29. The minimum atomic E-state index is -0.379. The molecule has 0 fully saturated rings. The molecule has 0 spiro atoms. The van der Waals surface area contributed by atoms with Gasteiger partial charge in [-0.2, -0.15) is 0 Å². The van der Waals surface area contributed by atoms with E-state index in [-0.39, 0.29) is 11.9 Å². The van der Waals surface area contributed by atoms with Crippen LogP contribution in [0.25, 0.3) is 17.2 Å². The van der Waals surface area contributed by atoms with E-state index in [0.717, 1.165) is 48.5 Å². The van der Waals surface area contributed by atoms with Crippen molar-refractivity contribution in [2.75, 3.05) is 11.9 Å². The average molecular weight is 418 g/mol. The molecule has 7 nitrogen and oxygen atoms in total. The largest absolute Gasteiger partial charge is 0.463 e. The second-order valence-corrected chi connectivity index (χ2v) is 7.64. The zero-order valence-corrected chi connectivity index (χ0v) is 17.9. The zero-order valence-electron chi connectivity index (χ0n) is 17.9. The summed E-state index contributed by atoms with van der Waals surface area (Å²) >= 11 is 0. The van der Waals surface area contributed by atoms with Gasteiger partial charge < -0.3 is 14.6 Å². The van der Waals surface area contributed by atoms with E-state index in [1.165, 1.54) is 12.5 Å². The van der Waals surface area contributed by atoms with E-state index in [1.54, 1.807) is 31.2 Å². The summed E-state index contributed by atoms with van der Waals surface area (Å²) in [7, 11) is 0. The number of ether oxygens (including phenoxy) is 1. The highest BCUT2D eigenvalue weighted by Crippen LogP contribution is 2.24. The normalized spacial score (nSPS) is 13.7. The number of aromatic nitrogens is 3. The van der Waals surface area contributed by atoms with E-state index in [1.807, 2.05) is 19.1 Å². The number of pyridine rings is 1. The fourth-order valence-electron chi connectivity index (χ4n) is 3.82. The van der Waals surface area contributed by atoms with Crippen molar-refractivity contribution in [3.63, 3.8) is 0 Å². The van der Waals surface area contributed by atoms with Crippen LogP contribution in [0, 0.1) is 6.92 Å². The van der Waals surface area contributed by atoms with Gasteiger partial charge in [0, 0.05) is 30.4 Å². The first kappa shape index (κ1) is 20.8. The Hall–Kier alpha value is -3.48. The third-order valence-corrected chi connectivity index (χ3v) is 5.30. The number of nitrogens with one attached hydrogen (secondary N) is 1. The number of hydrogen-bond donors (Lipinski definition) is 1. The summed E-state index contributed by atoms with van der Waals surface area (Å²) < 4.78 is 7.04. The number of anilines is 1. The maximum atomic E-state index is 13.1. The van der Waals surface area contributed by atoms with Gasteiger partial charge in [0.2, 0.25) is 0 Å². The van der Waals surface area contributed by atoms with Crippen LogP contribution in [-0.2, 0) is 22.5 Å². The van der Waals surface area contributed by atoms with Crippen LogP contribution >= 0.6 is 0 Å². The first-order chi connectivity index (χ1) is 15.0. The number of benzene rings is 1. The van der Waals surface area contributed by atoms with Gasteiger partial charge >= 0.3 is 5.97 Å². The van der Waals surface area contributed by atoms with Gasteiger partial charge in [0.1, 0.15) is 11.3 Å². The Morgan fingerprint density at radius 2 is 1.97 bits per heavy atom. The van der Waals surface area contributed by atoms with E-state index < -0.39 is 0 Å². The molecule has 31 heavy (non-hydrogen) atoms. The molecule has 0 atom stereocenters. The van der Waals surface area contributed by atoms with Gasteiger partial charge in [0.25, 0.3) is 5.91 Å². The van der Waals surface area contributed by atoms with Gasteiger partial charge in [-0.1, -0.05) is 18.6 Å². The lowest BCUT2D eigenvalue weighted by atomic mass is 10.1. The monoisotopic (exact) mass is 418 g/mol. The van der Waals surface area contributed by atoms with Crippen molar-refractivity contribution < 1.29 is 14.3 Å².